The molecule has 0 bridgehead atoms. The molecule has 4 rings (SSSR count). The van der Waals surface area contributed by atoms with Gasteiger partial charge in [-0.15, -0.1) is 0 Å². The van der Waals surface area contributed by atoms with E-state index in [0.29, 0.717) is 18.7 Å². The number of rotatable bonds is 5. The minimum atomic E-state index is -5.08. The van der Waals surface area contributed by atoms with Crippen LogP contribution in [0.4, 0.5) is 18.9 Å². The van der Waals surface area contributed by atoms with Gasteiger partial charge in [0.15, 0.2) is 0 Å². The number of pyridine rings is 1. The average Bonchev–Trinajstić information content (AvgIpc) is 3.48. The van der Waals surface area contributed by atoms with E-state index in [2.05, 4.69) is 14.9 Å². The number of aromatic nitrogens is 2. The second-order valence-corrected chi connectivity index (χ2v) is 9.69. The Hall–Kier alpha value is -3.63. The van der Waals surface area contributed by atoms with Crippen molar-refractivity contribution >= 4 is 32.7 Å². The number of fused-ring (bicyclic) bond motifs is 1. The van der Waals surface area contributed by atoms with E-state index in [9.17, 15) is 21.6 Å². The van der Waals surface area contributed by atoms with Gasteiger partial charge in [0.05, 0.1) is 16.5 Å². The number of hydrogen-bond donors (Lipinski definition) is 2. The molecule has 186 valence electrons. The van der Waals surface area contributed by atoms with Gasteiger partial charge >= 0.3 is 12.1 Å². The number of carboxylic acids is 1. The summed E-state index contributed by atoms with van der Waals surface area (Å²) in [7, 11) is -1.61. The van der Waals surface area contributed by atoms with Gasteiger partial charge in [0.2, 0.25) is 10.0 Å². The number of likely N-dealkylation sites (N-methyl/N-ethyl adjacent to an activating group) is 1. The number of carboxylic acid groups (broad SMARTS) is 1. The van der Waals surface area contributed by atoms with Gasteiger partial charge in [-0.1, -0.05) is 0 Å². The number of halogens is 3. The molecule has 1 atom stereocenters. The van der Waals surface area contributed by atoms with Crippen molar-refractivity contribution < 1.29 is 31.5 Å². The Bertz CT molecular complexity index is 1330. The summed E-state index contributed by atoms with van der Waals surface area (Å²) in [6.07, 6.45) is 0.182. The molecule has 3 aromatic rings. The number of carbonyl (C=O) groups is 1. The third-order valence-corrected chi connectivity index (χ3v) is 7.45. The van der Waals surface area contributed by atoms with Crippen LogP contribution in [0.5, 0.6) is 0 Å². The summed E-state index contributed by atoms with van der Waals surface area (Å²) < 4.78 is 59.6. The van der Waals surface area contributed by atoms with Crippen LogP contribution >= 0.6 is 0 Å². The molecule has 2 N–H and O–H groups in total. The number of nitrogens with zero attached hydrogens (tertiary/aromatic N) is 4. The van der Waals surface area contributed by atoms with Gasteiger partial charge in [-0.25, -0.2) is 18.2 Å². The zero-order chi connectivity index (χ0) is 25.8. The van der Waals surface area contributed by atoms with Gasteiger partial charge in [-0.3, -0.25) is 0 Å². The lowest BCUT2D eigenvalue weighted by Gasteiger charge is -2.29. The monoisotopic (exact) mass is 509 g/mol. The lowest BCUT2D eigenvalue weighted by atomic mass is 10.2. The molecular formula is C22H22F3N5O4S. The lowest BCUT2D eigenvalue weighted by molar-refractivity contribution is -0.192. The standard InChI is InChI=1S/C20H21N5O2S.C2HF3O2/c1-24(19-9-11-23-20-18(19)8-10-22-20)14-16-3-2-12-25(16)28(26,27)17-6-4-15(13-21)5-7-17;3-2(4,5)1(6)7/h4-11,16H,2-3,12,14H2,1H3,(H,22,23);(H,6,7). The van der Waals surface area contributed by atoms with E-state index in [0.717, 1.165) is 29.6 Å². The van der Waals surface area contributed by atoms with Crippen LogP contribution in [0.15, 0.2) is 53.7 Å². The Morgan fingerprint density at radius 2 is 1.94 bits per heavy atom. The first-order chi connectivity index (χ1) is 16.4. The van der Waals surface area contributed by atoms with Gasteiger partial charge in [-0.05, 0) is 49.2 Å². The number of aliphatic carboxylic acids is 1. The minimum Gasteiger partial charge on any atom is -0.475 e. The first-order valence-corrected chi connectivity index (χ1v) is 11.8. The Morgan fingerprint density at radius 1 is 1.29 bits per heavy atom. The number of nitriles is 1. The SMILES string of the molecule is CN(CC1CCCN1S(=O)(=O)c1ccc(C#N)cc1)c1ccnc2[nH]ccc12.O=C(O)C(F)(F)F. The molecule has 9 nitrogen and oxygen atoms in total. The van der Waals surface area contributed by atoms with E-state index in [1.807, 2.05) is 31.4 Å². The van der Waals surface area contributed by atoms with Gasteiger partial charge in [0, 0.05) is 49.6 Å². The van der Waals surface area contributed by atoms with Crippen LogP contribution in [0.1, 0.15) is 18.4 Å². The highest BCUT2D eigenvalue weighted by Gasteiger charge is 2.38. The molecule has 35 heavy (non-hydrogen) atoms. The minimum absolute atomic E-state index is 0.104. The second kappa shape index (κ2) is 10.3. The highest BCUT2D eigenvalue weighted by molar-refractivity contribution is 7.89. The number of alkyl halides is 3. The Kier molecular flexibility index (Phi) is 7.67. The van der Waals surface area contributed by atoms with Crippen molar-refractivity contribution in [2.75, 3.05) is 25.0 Å². The molecule has 0 aliphatic carbocycles. The smallest absolute Gasteiger partial charge is 0.475 e. The predicted octanol–water partition coefficient (Wildman–Crippen LogP) is 3.36. The molecule has 1 saturated heterocycles. The van der Waals surface area contributed by atoms with Crippen LogP contribution in [0.2, 0.25) is 0 Å². The lowest BCUT2D eigenvalue weighted by Crippen LogP contribution is -2.42. The molecule has 0 spiro atoms. The molecule has 0 amide bonds. The highest BCUT2D eigenvalue weighted by atomic mass is 32.2. The molecule has 1 unspecified atom stereocenters. The molecule has 1 aliphatic heterocycles. The molecule has 1 aliphatic rings. The molecule has 0 saturated carbocycles. The van der Waals surface area contributed by atoms with E-state index in [-0.39, 0.29) is 10.9 Å². The maximum atomic E-state index is 13.1. The van der Waals surface area contributed by atoms with Crippen LogP contribution in [-0.2, 0) is 14.8 Å². The predicted molar refractivity (Wildman–Crippen MR) is 121 cm³/mol. The molecule has 0 radical (unpaired) electrons. The van der Waals surface area contributed by atoms with Crippen LogP contribution in [-0.4, -0.2) is 66.1 Å². The fraction of sp³-hybridized carbons (Fsp3) is 0.318. The van der Waals surface area contributed by atoms with Crippen molar-refractivity contribution in [3.8, 4) is 6.07 Å². The van der Waals surface area contributed by atoms with Crippen molar-refractivity contribution in [1.29, 1.82) is 5.26 Å². The summed E-state index contributed by atoms with van der Waals surface area (Å²) in [4.78, 5) is 18.6. The van der Waals surface area contributed by atoms with Crippen molar-refractivity contribution in [2.24, 2.45) is 0 Å². The molecule has 13 heteroatoms. The molecule has 3 heterocycles. The second-order valence-electron chi connectivity index (χ2n) is 7.80. The van der Waals surface area contributed by atoms with Crippen molar-refractivity contribution in [3.63, 3.8) is 0 Å². The number of H-pyrrole nitrogens is 1. The fourth-order valence-corrected chi connectivity index (χ4v) is 5.52. The number of hydrogen-bond acceptors (Lipinski definition) is 6. The van der Waals surface area contributed by atoms with E-state index in [4.69, 9.17) is 15.2 Å². The Balaban J connectivity index is 0.000000429. The molecule has 1 fully saturated rings. The maximum Gasteiger partial charge on any atom is 0.490 e. The van der Waals surface area contributed by atoms with Crippen LogP contribution in [0.3, 0.4) is 0 Å². The molecule has 1 aromatic carbocycles. The van der Waals surface area contributed by atoms with Crippen molar-refractivity contribution in [3.05, 3.63) is 54.4 Å². The van der Waals surface area contributed by atoms with E-state index >= 15 is 0 Å². The summed E-state index contributed by atoms with van der Waals surface area (Å²) in [5.41, 5.74) is 2.29. The largest absolute Gasteiger partial charge is 0.490 e. The van der Waals surface area contributed by atoms with Crippen molar-refractivity contribution in [2.45, 2.75) is 30.0 Å². The number of nitrogens with one attached hydrogen (secondary N) is 1. The topological polar surface area (TPSA) is 130 Å². The summed E-state index contributed by atoms with van der Waals surface area (Å²) in [5.74, 6) is -2.76. The summed E-state index contributed by atoms with van der Waals surface area (Å²) >= 11 is 0. The number of anilines is 1. The third-order valence-electron chi connectivity index (χ3n) is 5.49. The van der Waals surface area contributed by atoms with Gasteiger partial charge in [0.1, 0.15) is 5.65 Å². The first-order valence-electron chi connectivity index (χ1n) is 10.4. The summed E-state index contributed by atoms with van der Waals surface area (Å²) in [6.45, 7) is 1.11. The highest BCUT2D eigenvalue weighted by Crippen LogP contribution is 2.29. The zero-order valence-electron chi connectivity index (χ0n) is 18.5. The maximum absolute atomic E-state index is 13.1. The third kappa shape index (κ3) is 5.90. The quantitative estimate of drug-likeness (QED) is 0.539. The summed E-state index contributed by atoms with van der Waals surface area (Å²) in [5, 5.41) is 17.1. The number of sulfonamides is 1. The van der Waals surface area contributed by atoms with Crippen LogP contribution in [0, 0.1) is 11.3 Å². The molecule has 2 aromatic heterocycles. The van der Waals surface area contributed by atoms with E-state index < -0.39 is 22.2 Å². The van der Waals surface area contributed by atoms with Gasteiger partial charge in [-0.2, -0.15) is 22.7 Å². The number of aromatic amines is 1. The normalized spacial score (nSPS) is 16.4. The number of benzene rings is 1. The van der Waals surface area contributed by atoms with E-state index in [1.54, 1.807) is 22.6 Å². The Morgan fingerprint density at radius 3 is 2.54 bits per heavy atom. The van der Waals surface area contributed by atoms with Gasteiger partial charge in [0.25, 0.3) is 0 Å². The van der Waals surface area contributed by atoms with Crippen LogP contribution < -0.4 is 4.90 Å². The fourth-order valence-electron chi connectivity index (χ4n) is 3.84. The van der Waals surface area contributed by atoms with Gasteiger partial charge < -0.3 is 15.0 Å². The first kappa shape index (κ1) is 26.0. The van der Waals surface area contributed by atoms with Crippen LogP contribution in [0.25, 0.3) is 11.0 Å². The zero-order valence-corrected chi connectivity index (χ0v) is 19.3. The molecular weight excluding hydrogens is 487 g/mol. The Labute approximate surface area is 199 Å². The van der Waals surface area contributed by atoms with Crippen molar-refractivity contribution in [1.82, 2.24) is 14.3 Å². The van der Waals surface area contributed by atoms with E-state index in [1.165, 1.54) is 12.1 Å². The average molecular weight is 510 g/mol. The summed E-state index contributed by atoms with van der Waals surface area (Å²) in [6, 6.07) is 12.0.